The highest BCUT2D eigenvalue weighted by Gasteiger charge is 2.32. The summed E-state index contributed by atoms with van der Waals surface area (Å²) < 4.78 is 32.0. The fourth-order valence-electron chi connectivity index (χ4n) is 4.09. The van der Waals surface area contributed by atoms with Crippen molar-refractivity contribution in [2.45, 2.75) is 18.9 Å². The van der Waals surface area contributed by atoms with Gasteiger partial charge < -0.3 is 29.7 Å². The van der Waals surface area contributed by atoms with Crippen LogP contribution in [0.4, 0.5) is 14.5 Å². The summed E-state index contributed by atoms with van der Waals surface area (Å²) in [5, 5.41) is 27.1. The van der Waals surface area contributed by atoms with E-state index in [9.17, 15) is 29.4 Å². The molecule has 2 fully saturated rings. The van der Waals surface area contributed by atoms with Gasteiger partial charge in [0.25, 0.3) is 0 Å². The third-order valence-corrected chi connectivity index (χ3v) is 5.77. The number of piperazine rings is 1. The van der Waals surface area contributed by atoms with Crippen LogP contribution in [0, 0.1) is 11.6 Å². The molecule has 174 valence electrons. The summed E-state index contributed by atoms with van der Waals surface area (Å²) >= 11 is 0. The van der Waals surface area contributed by atoms with E-state index >= 15 is 8.78 Å². The molecule has 4 rings (SSSR count). The molecule has 12 heteroatoms. The molecule has 0 amide bonds. The van der Waals surface area contributed by atoms with Gasteiger partial charge in [0, 0.05) is 38.4 Å². The Morgan fingerprint density at radius 2 is 1.67 bits per heavy atom. The molecule has 2 aliphatic rings. The quantitative estimate of drug-likeness (QED) is 0.544. The maximum Gasteiger partial charge on any atom is 0.352 e. The number of pyridine rings is 1. The number of aliphatic carboxylic acids is 2. The van der Waals surface area contributed by atoms with E-state index in [2.05, 4.69) is 0 Å². The molecule has 0 bridgehead atoms. The van der Waals surface area contributed by atoms with Gasteiger partial charge in [0.1, 0.15) is 22.8 Å². The highest BCUT2D eigenvalue weighted by molar-refractivity contribution is 5.95. The number of hydrogen-bond acceptors (Lipinski definition) is 6. The zero-order valence-corrected chi connectivity index (χ0v) is 17.1. The number of anilines is 1. The molecule has 1 aromatic heterocycles. The van der Waals surface area contributed by atoms with Crippen molar-refractivity contribution in [3.05, 3.63) is 51.5 Å². The first kappa shape index (κ1) is 22.2. The molecule has 1 saturated carbocycles. The van der Waals surface area contributed by atoms with Crippen LogP contribution in [0.1, 0.15) is 29.2 Å². The van der Waals surface area contributed by atoms with E-state index in [0.29, 0.717) is 18.9 Å². The second-order valence-electron chi connectivity index (χ2n) is 7.88. The molecule has 10 nitrogen and oxygen atoms in total. The molecule has 3 N–H and O–H groups in total. The first-order valence-corrected chi connectivity index (χ1v) is 10.1. The second kappa shape index (κ2) is 8.19. The Hall–Kier alpha value is -3.96. The maximum absolute atomic E-state index is 15.6. The van der Waals surface area contributed by atoms with Crippen molar-refractivity contribution in [3.8, 4) is 0 Å². The van der Waals surface area contributed by atoms with E-state index < -0.39 is 51.9 Å². The van der Waals surface area contributed by atoms with Crippen molar-refractivity contribution in [2.24, 2.45) is 0 Å². The Labute approximate surface area is 184 Å². The van der Waals surface area contributed by atoms with Crippen LogP contribution in [0.15, 0.2) is 28.8 Å². The molecule has 1 saturated heterocycles. The molecular weight excluding hydrogens is 444 g/mol. The van der Waals surface area contributed by atoms with Crippen LogP contribution in [0.2, 0.25) is 0 Å². The molecule has 0 spiro atoms. The number of carbonyl (C=O) groups is 3. The van der Waals surface area contributed by atoms with E-state index in [1.54, 1.807) is 0 Å². The largest absolute Gasteiger partial charge is 0.478 e. The van der Waals surface area contributed by atoms with Crippen molar-refractivity contribution in [2.75, 3.05) is 31.1 Å². The second-order valence-corrected chi connectivity index (χ2v) is 7.88. The molecule has 0 atom stereocenters. The van der Waals surface area contributed by atoms with Gasteiger partial charge >= 0.3 is 17.9 Å². The molecule has 0 unspecified atom stereocenters. The fourth-order valence-corrected chi connectivity index (χ4v) is 4.09. The Kier molecular flexibility index (Phi) is 5.52. The standard InChI is InChI=1S/C21H19F2N3O7/c22-13-7-11-17(26(10-1-2-10)9-12(19(11)29)20(30)31)16(23)18(13)25-5-3-24(4-6-25)14(21(32)33)8-15(27)28/h7-10H,1-6H2,(H,27,28)(H,30,31)(H,32,33)/b14-8-. The zero-order chi connectivity index (χ0) is 24.0. The molecule has 0 radical (unpaired) electrons. The molecular formula is C21H19F2N3O7. The predicted molar refractivity (Wildman–Crippen MR) is 110 cm³/mol. The van der Waals surface area contributed by atoms with Gasteiger partial charge in [0.15, 0.2) is 5.82 Å². The van der Waals surface area contributed by atoms with Crippen LogP contribution >= 0.6 is 0 Å². The fraction of sp³-hybridized carbons (Fsp3) is 0.333. The Bertz CT molecular complexity index is 1280. The number of fused-ring (bicyclic) bond motifs is 1. The zero-order valence-electron chi connectivity index (χ0n) is 17.1. The van der Waals surface area contributed by atoms with Crippen LogP contribution in [0.25, 0.3) is 10.9 Å². The number of benzene rings is 1. The average molecular weight is 463 g/mol. The number of hydrogen-bond donors (Lipinski definition) is 3. The summed E-state index contributed by atoms with van der Waals surface area (Å²) in [5.74, 6) is -6.40. The first-order valence-electron chi connectivity index (χ1n) is 10.1. The normalized spacial score (nSPS) is 16.8. The van der Waals surface area contributed by atoms with Gasteiger partial charge in [-0.25, -0.2) is 23.2 Å². The predicted octanol–water partition coefficient (Wildman–Crippen LogP) is 1.49. The summed E-state index contributed by atoms with van der Waals surface area (Å²) in [4.78, 5) is 48.9. The number of aromatic carboxylic acids is 1. The van der Waals surface area contributed by atoms with Crippen molar-refractivity contribution in [1.82, 2.24) is 9.47 Å². The van der Waals surface area contributed by atoms with Crippen LogP contribution in [-0.4, -0.2) is 68.9 Å². The number of nitrogens with zero attached hydrogens (tertiary/aromatic N) is 3. The molecule has 33 heavy (non-hydrogen) atoms. The van der Waals surface area contributed by atoms with Crippen molar-refractivity contribution in [1.29, 1.82) is 0 Å². The third kappa shape index (κ3) is 3.99. The van der Waals surface area contributed by atoms with E-state index in [0.717, 1.165) is 12.3 Å². The monoisotopic (exact) mass is 463 g/mol. The first-order chi connectivity index (χ1) is 15.6. The summed E-state index contributed by atoms with van der Waals surface area (Å²) in [6.45, 7) is -0.0274. The Balaban J connectivity index is 1.74. The Morgan fingerprint density at radius 3 is 2.18 bits per heavy atom. The van der Waals surface area contributed by atoms with Gasteiger partial charge in [-0.3, -0.25) is 4.79 Å². The SMILES string of the molecule is O=C(O)/C=C(/C(=O)O)N1CCN(c2c(F)cc3c(=O)c(C(=O)O)cn(C4CC4)c3c2F)CC1. The van der Waals surface area contributed by atoms with E-state index in [1.165, 1.54) is 14.4 Å². The molecule has 1 aromatic carbocycles. The topological polar surface area (TPSA) is 140 Å². The number of aromatic nitrogens is 1. The summed E-state index contributed by atoms with van der Waals surface area (Å²) in [6.07, 6.45) is 2.97. The number of carboxylic acids is 3. The van der Waals surface area contributed by atoms with Gasteiger partial charge in [-0.2, -0.15) is 0 Å². The van der Waals surface area contributed by atoms with Gasteiger partial charge in [-0.1, -0.05) is 0 Å². The van der Waals surface area contributed by atoms with Crippen LogP contribution in [0.5, 0.6) is 0 Å². The summed E-state index contributed by atoms with van der Waals surface area (Å²) in [7, 11) is 0. The smallest absolute Gasteiger partial charge is 0.352 e. The number of rotatable bonds is 6. The number of carboxylic acid groups (broad SMARTS) is 3. The maximum atomic E-state index is 15.6. The molecule has 2 aromatic rings. The van der Waals surface area contributed by atoms with Gasteiger partial charge in [-0.15, -0.1) is 0 Å². The van der Waals surface area contributed by atoms with Crippen LogP contribution < -0.4 is 10.3 Å². The van der Waals surface area contributed by atoms with Crippen molar-refractivity contribution in [3.63, 3.8) is 0 Å². The third-order valence-electron chi connectivity index (χ3n) is 5.77. The lowest BCUT2D eigenvalue weighted by Crippen LogP contribution is -2.47. The van der Waals surface area contributed by atoms with E-state index in [-0.39, 0.29) is 43.1 Å². The van der Waals surface area contributed by atoms with Crippen LogP contribution in [0.3, 0.4) is 0 Å². The highest BCUT2D eigenvalue weighted by Crippen LogP contribution is 2.39. The minimum Gasteiger partial charge on any atom is -0.478 e. The number of halogens is 2. The van der Waals surface area contributed by atoms with Gasteiger partial charge in [0.05, 0.1) is 17.0 Å². The lowest BCUT2D eigenvalue weighted by Gasteiger charge is -2.37. The lowest BCUT2D eigenvalue weighted by atomic mass is 10.1. The minimum absolute atomic E-state index is 0.00425. The summed E-state index contributed by atoms with van der Waals surface area (Å²) in [5.41, 5.74) is -2.57. The Morgan fingerprint density at radius 1 is 1.03 bits per heavy atom. The van der Waals surface area contributed by atoms with Gasteiger partial charge in [0.2, 0.25) is 5.43 Å². The molecule has 2 heterocycles. The lowest BCUT2D eigenvalue weighted by molar-refractivity contribution is -0.136. The van der Waals surface area contributed by atoms with E-state index in [4.69, 9.17) is 5.11 Å². The van der Waals surface area contributed by atoms with Crippen LogP contribution in [-0.2, 0) is 9.59 Å². The summed E-state index contributed by atoms with van der Waals surface area (Å²) in [6, 6.07) is 0.635. The van der Waals surface area contributed by atoms with E-state index in [1.807, 2.05) is 0 Å². The van der Waals surface area contributed by atoms with Gasteiger partial charge in [-0.05, 0) is 18.9 Å². The van der Waals surface area contributed by atoms with Crippen molar-refractivity contribution >= 4 is 34.5 Å². The van der Waals surface area contributed by atoms with Crippen molar-refractivity contribution < 1.29 is 38.5 Å². The minimum atomic E-state index is -1.49. The average Bonchev–Trinajstić information content (AvgIpc) is 3.58. The molecule has 1 aliphatic heterocycles. The molecule has 1 aliphatic carbocycles. The highest BCUT2D eigenvalue weighted by atomic mass is 19.1.